The molecule has 0 bridgehead atoms. The van der Waals surface area contributed by atoms with Gasteiger partial charge in [-0.15, -0.1) is 0 Å². The Balaban J connectivity index is 3.01. The molecule has 1 unspecified atom stereocenters. The molecule has 1 atom stereocenters. The van der Waals surface area contributed by atoms with Crippen molar-refractivity contribution in [1.82, 2.24) is 0 Å². The second-order valence-electron chi connectivity index (χ2n) is 7.70. The number of carbonyl (C=O) groups excluding carboxylic acids is 2. The first-order valence-electron chi connectivity index (χ1n) is 8.53. The quantitative estimate of drug-likeness (QED) is 0.523. The van der Waals surface area contributed by atoms with Crippen molar-refractivity contribution in [2.24, 2.45) is 0 Å². The van der Waals surface area contributed by atoms with Crippen LogP contribution in [-0.2, 0) is 9.16 Å². The van der Waals surface area contributed by atoms with Gasteiger partial charge in [0.25, 0.3) is 8.32 Å². The van der Waals surface area contributed by atoms with Crippen molar-refractivity contribution in [2.75, 3.05) is 0 Å². The van der Waals surface area contributed by atoms with E-state index in [0.29, 0.717) is 0 Å². The second-order valence-corrected chi connectivity index (χ2v) is 12.4. The predicted octanol–water partition coefficient (Wildman–Crippen LogP) is 5.19. The van der Waals surface area contributed by atoms with Crippen LogP contribution in [0.4, 0.5) is 0 Å². The fourth-order valence-electron chi connectivity index (χ4n) is 1.99. The summed E-state index contributed by atoms with van der Waals surface area (Å²) in [4.78, 5) is 25.0. The van der Waals surface area contributed by atoms with Gasteiger partial charge in [0.1, 0.15) is 0 Å². The van der Waals surface area contributed by atoms with E-state index in [0.717, 1.165) is 12.8 Å². The van der Waals surface area contributed by atoms with Crippen molar-refractivity contribution in [3.63, 3.8) is 0 Å². The maximum atomic E-state index is 12.6. The molecule has 0 aromatic heterocycles. The van der Waals surface area contributed by atoms with Crippen LogP contribution in [0.5, 0.6) is 0 Å². The molecule has 1 aromatic carbocycles. The van der Waals surface area contributed by atoms with Gasteiger partial charge in [-0.3, -0.25) is 0 Å². The zero-order valence-electron chi connectivity index (χ0n) is 15.9. The van der Waals surface area contributed by atoms with E-state index in [4.69, 9.17) is 9.16 Å². The van der Waals surface area contributed by atoms with E-state index in [1.807, 2.05) is 26.9 Å². The van der Waals surface area contributed by atoms with Gasteiger partial charge < -0.3 is 9.16 Å². The third-order valence-electron chi connectivity index (χ3n) is 4.52. The van der Waals surface area contributed by atoms with Crippen molar-refractivity contribution in [3.8, 4) is 0 Å². The third kappa shape index (κ3) is 5.19. The highest BCUT2D eigenvalue weighted by Crippen LogP contribution is 2.37. The smallest absolute Gasteiger partial charge is 0.339 e. The van der Waals surface area contributed by atoms with Crippen LogP contribution in [-0.4, -0.2) is 26.4 Å². The molecule has 0 fully saturated rings. The molecular formula is C19H30O4Si. The second kappa shape index (κ2) is 7.97. The first kappa shape index (κ1) is 20.4. The predicted molar refractivity (Wildman–Crippen MR) is 98.8 cm³/mol. The van der Waals surface area contributed by atoms with Crippen molar-refractivity contribution >= 4 is 20.3 Å². The minimum Gasteiger partial charge on any atom is -0.516 e. The Morgan fingerprint density at radius 2 is 1.58 bits per heavy atom. The maximum absolute atomic E-state index is 12.6. The molecule has 0 N–H and O–H groups in total. The van der Waals surface area contributed by atoms with Crippen molar-refractivity contribution in [1.29, 1.82) is 0 Å². The van der Waals surface area contributed by atoms with Gasteiger partial charge in [0.2, 0.25) is 0 Å². The van der Waals surface area contributed by atoms with Crippen LogP contribution in [0.1, 0.15) is 68.2 Å². The first-order valence-corrected chi connectivity index (χ1v) is 11.4. The number of ether oxygens (including phenoxy) is 1. The Hall–Kier alpha value is -1.62. The average molecular weight is 351 g/mol. The molecule has 1 aromatic rings. The molecule has 0 spiro atoms. The highest BCUT2D eigenvalue weighted by molar-refractivity contribution is 6.75. The van der Waals surface area contributed by atoms with Gasteiger partial charge >= 0.3 is 11.9 Å². The Bertz CT molecular complexity index is 587. The summed E-state index contributed by atoms with van der Waals surface area (Å²) in [6, 6.07) is 6.69. The molecule has 134 valence electrons. The molecule has 5 heteroatoms. The molecule has 1 rings (SSSR count). The van der Waals surface area contributed by atoms with Gasteiger partial charge in [0, 0.05) is 0 Å². The summed E-state index contributed by atoms with van der Waals surface area (Å²) in [5.41, 5.74) is 0.542. The topological polar surface area (TPSA) is 52.6 Å². The molecule has 0 aliphatic rings. The van der Waals surface area contributed by atoms with Crippen LogP contribution in [0, 0.1) is 0 Å². The van der Waals surface area contributed by atoms with E-state index < -0.39 is 20.3 Å². The zero-order valence-corrected chi connectivity index (χ0v) is 16.9. The number of benzene rings is 1. The lowest BCUT2D eigenvalue weighted by Crippen LogP contribution is -2.42. The van der Waals surface area contributed by atoms with E-state index in [1.165, 1.54) is 0 Å². The molecule has 0 saturated heterocycles. The van der Waals surface area contributed by atoms with Gasteiger partial charge in [-0.2, -0.15) is 0 Å². The largest absolute Gasteiger partial charge is 0.516 e. The molecule has 24 heavy (non-hydrogen) atoms. The van der Waals surface area contributed by atoms with E-state index >= 15 is 0 Å². The summed E-state index contributed by atoms with van der Waals surface area (Å²) in [7, 11) is -2.25. The normalized spacial score (nSPS) is 13.3. The highest BCUT2D eigenvalue weighted by atomic mass is 28.4. The minimum absolute atomic E-state index is 0.0895. The van der Waals surface area contributed by atoms with Gasteiger partial charge in [-0.1, -0.05) is 46.2 Å². The SMILES string of the molecule is CCCC(C)OC(=O)c1ccccc1C(=O)O[Si](C)(C)C(C)(C)C. The number of hydrogen-bond donors (Lipinski definition) is 0. The minimum atomic E-state index is -2.25. The monoisotopic (exact) mass is 350 g/mol. The third-order valence-corrected chi connectivity index (χ3v) is 8.83. The van der Waals surface area contributed by atoms with E-state index in [2.05, 4.69) is 20.8 Å². The van der Waals surface area contributed by atoms with Crippen molar-refractivity contribution < 1.29 is 18.8 Å². The van der Waals surface area contributed by atoms with E-state index in [9.17, 15) is 9.59 Å². The van der Waals surface area contributed by atoms with Crippen LogP contribution >= 0.6 is 0 Å². The maximum Gasteiger partial charge on any atom is 0.339 e. The molecule has 0 heterocycles. The molecule has 0 radical (unpaired) electrons. The highest BCUT2D eigenvalue weighted by Gasteiger charge is 2.41. The summed E-state index contributed by atoms with van der Waals surface area (Å²) < 4.78 is 11.3. The summed E-state index contributed by atoms with van der Waals surface area (Å²) in [6.45, 7) is 14.1. The number of carbonyl (C=O) groups is 2. The summed E-state index contributed by atoms with van der Waals surface area (Å²) in [5.74, 6) is -0.920. The number of esters is 1. The zero-order chi connectivity index (χ0) is 18.5. The van der Waals surface area contributed by atoms with Gasteiger partial charge in [0.15, 0.2) is 0 Å². The lowest BCUT2D eigenvalue weighted by molar-refractivity contribution is 0.0318. The lowest BCUT2D eigenvalue weighted by atomic mass is 10.1. The molecule has 4 nitrogen and oxygen atoms in total. The van der Waals surface area contributed by atoms with Crippen LogP contribution < -0.4 is 0 Å². The molecular weight excluding hydrogens is 320 g/mol. The molecule has 0 amide bonds. The van der Waals surface area contributed by atoms with Crippen molar-refractivity contribution in [3.05, 3.63) is 35.4 Å². The Kier molecular flexibility index (Phi) is 6.78. The molecule has 0 aliphatic carbocycles. The van der Waals surface area contributed by atoms with E-state index in [1.54, 1.807) is 24.3 Å². The fourth-order valence-corrected chi connectivity index (χ4v) is 2.87. The van der Waals surface area contributed by atoms with Gasteiger partial charge in [0.05, 0.1) is 17.2 Å². The van der Waals surface area contributed by atoms with Crippen LogP contribution in [0.25, 0.3) is 0 Å². The molecule has 0 aliphatic heterocycles. The van der Waals surface area contributed by atoms with Gasteiger partial charge in [-0.25, -0.2) is 9.59 Å². The summed E-state index contributed by atoms with van der Waals surface area (Å²) in [6.07, 6.45) is 1.55. The number of hydrogen-bond acceptors (Lipinski definition) is 4. The number of rotatable bonds is 6. The standard InChI is InChI=1S/C19H30O4Si/c1-8-11-14(2)22-17(20)15-12-9-10-13-16(15)18(21)23-24(6,7)19(3,4)5/h9-10,12-14H,8,11H2,1-7H3. The summed E-state index contributed by atoms with van der Waals surface area (Å²) in [5, 5.41) is -0.0895. The Morgan fingerprint density at radius 1 is 1.08 bits per heavy atom. The molecule has 0 saturated carbocycles. The van der Waals surface area contributed by atoms with Crippen molar-refractivity contribution in [2.45, 2.75) is 71.7 Å². The van der Waals surface area contributed by atoms with Crippen LogP contribution in [0.2, 0.25) is 18.1 Å². The Labute approximate surface area is 146 Å². The Morgan fingerprint density at radius 3 is 2.04 bits per heavy atom. The first-order chi connectivity index (χ1) is 11.0. The van der Waals surface area contributed by atoms with Gasteiger partial charge in [-0.05, 0) is 43.6 Å². The average Bonchev–Trinajstić information content (AvgIpc) is 2.45. The van der Waals surface area contributed by atoms with E-state index in [-0.39, 0.29) is 22.3 Å². The van der Waals surface area contributed by atoms with Crippen LogP contribution in [0.3, 0.4) is 0 Å². The fraction of sp³-hybridized carbons (Fsp3) is 0.579. The van der Waals surface area contributed by atoms with Crippen LogP contribution in [0.15, 0.2) is 24.3 Å². The summed E-state index contributed by atoms with van der Waals surface area (Å²) >= 11 is 0. The lowest BCUT2D eigenvalue weighted by Gasteiger charge is -2.35.